The molecule has 24 heavy (non-hydrogen) atoms. The Bertz CT molecular complexity index is 637. The van der Waals surface area contributed by atoms with Crippen molar-refractivity contribution in [3.05, 3.63) is 64.4 Å². The molecule has 0 amide bonds. The topological polar surface area (TPSA) is 24.5 Å². The highest BCUT2D eigenvalue weighted by Crippen LogP contribution is 2.30. The second kappa shape index (κ2) is 8.47. The molecule has 0 spiro atoms. The van der Waals surface area contributed by atoms with Crippen molar-refractivity contribution in [3.63, 3.8) is 0 Å². The lowest BCUT2D eigenvalue weighted by Crippen LogP contribution is -2.44. The zero-order valence-corrected chi connectivity index (χ0v) is 14.4. The molecule has 0 aromatic heterocycles. The summed E-state index contributed by atoms with van der Waals surface area (Å²) < 4.78 is 19.9. The van der Waals surface area contributed by atoms with Gasteiger partial charge in [0.2, 0.25) is 0 Å². The number of nitrogens with one attached hydrogen (secondary N) is 1. The minimum Gasteiger partial charge on any atom is -0.484 e. The molecule has 2 aromatic rings. The average Bonchev–Trinajstić information content (AvgIpc) is 2.61. The highest BCUT2D eigenvalue weighted by molar-refractivity contribution is 6.32. The van der Waals surface area contributed by atoms with Gasteiger partial charge in [-0.05, 0) is 29.7 Å². The van der Waals surface area contributed by atoms with Crippen LogP contribution in [0.5, 0.6) is 5.75 Å². The molecule has 1 fully saturated rings. The SMILES string of the molecule is Fc1cc(CCN2CCNCC2)cc(Cl)c1OCc1ccccc1. The van der Waals surface area contributed by atoms with Crippen LogP contribution >= 0.6 is 11.6 Å². The Morgan fingerprint density at radius 3 is 2.54 bits per heavy atom. The molecule has 0 saturated carbocycles. The first-order valence-corrected chi connectivity index (χ1v) is 8.68. The Kier molecular flexibility index (Phi) is 6.07. The molecule has 1 aliphatic heterocycles. The summed E-state index contributed by atoms with van der Waals surface area (Å²) in [7, 11) is 0. The Morgan fingerprint density at radius 2 is 1.83 bits per heavy atom. The van der Waals surface area contributed by atoms with Gasteiger partial charge >= 0.3 is 0 Å². The van der Waals surface area contributed by atoms with Crippen molar-refractivity contribution in [1.29, 1.82) is 0 Å². The molecule has 0 radical (unpaired) electrons. The molecule has 0 unspecified atom stereocenters. The van der Waals surface area contributed by atoms with E-state index in [4.69, 9.17) is 16.3 Å². The summed E-state index contributed by atoms with van der Waals surface area (Å²) in [6, 6.07) is 13.0. The van der Waals surface area contributed by atoms with Crippen LogP contribution in [0, 0.1) is 5.82 Å². The quantitative estimate of drug-likeness (QED) is 0.864. The van der Waals surface area contributed by atoms with E-state index in [0.717, 1.165) is 50.3 Å². The van der Waals surface area contributed by atoms with Gasteiger partial charge < -0.3 is 15.0 Å². The van der Waals surface area contributed by atoms with E-state index in [1.54, 1.807) is 0 Å². The third-order valence-corrected chi connectivity index (χ3v) is 4.49. The second-order valence-electron chi connectivity index (χ2n) is 6.00. The van der Waals surface area contributed by atoms with E-state index in [2.05, 4.69) is 10.2 Å². The van der Waals surface area contributed by atoms with Gasteiger partial charge in [-0.1, -0.05) is 41.9 Å². The van der Waals surface area contributed by atoms with Crippen molar-refractivity contribution >= 4 is 11.6 Å². The lowest BCUT2D eigenvalue weighted by molar-refractivity contribution is 0.243. The standard InChI is InChI=1S/C19H22ClFN2O/c20-17-12-16(6-9-23-10-7-22-8-11-23)13-18(21)19(17)24-14-15-4-2-1-3-5-15/h1-5,12-13,22H,6-11,14H2. The third-order valence-electron chi connectivity index (χ3n) is 4.21. The second-order valence-corrected chi connectivity index (χ2v) is 6.41. The number of piperazine rings is 1. The molecule has 1 aliphatic rings. The highest BCUT2D eigenvalue weighted by atomic mass is 35.5. The van der Waals surface area contributed by atoms with Gasteiger partial charge in [0.1, 0.15) is 6.61 Å². The van der Waals surface area contributed by atoms with Crippen LogP contribution in [-0.4, -0.2) is 37.6 Å². The number of ether oxygens (including phenoxy) is 1. The van der Waals surface area contributed by atoms with Crippen LogP contribution in [0.3, 0.4) is 0 Å². The van der Waals surface area contributed by atoms with Crippen molar-refractivity contribution in [2.24, 2.45) is 0 Å². The maximum absolute atomic E-state index is 14.3. The van der Waals surface area contributed by atoms with Crippen LogP contribution in [0.4, 0.5) is 4.39 Å². The van der Waals surface area contributed by atoms with Crippen molar-refractivity contribution < 1.29 is 9.13 Å². The van der Waals surface area contributed by atoms with E-state index < -0.39 is 5.82 Å². The molecule has 1 N–H and O–H groups in total. The zero-order valence-electron chi connectivity index (χ0n) is 13.6. The van der Waals surface area contributed by atoms with E-state index in [0.29, 0.717) is 11.6 Å². The predicted octanol–water partition coefficient (Wildman–Crippen LogP) is 3.51. The summed E-state index contributed by atoms with van der Waals surface area (Å²) in [5, 5.41) is 3.66. The first-order chi connectivity index (χ1) is 11.7. The van der Waals surface area contributed by atoms with Crippen LogP contribution in [0.25, 0.3) is 0 Å². The summed E-state index contributed by atoms with van der Waals surface area (Å²) in [6.07, 6.45) is 0.787. The van der Waals surface area contributed by atoms with Crippen molar-refractivity contribution in [3.8, 4) is 5.75 Å². The van der Waals surface area contributed by atoms with Crippen LogP contribution in [0.1, 0.15) is 11.1 Å². The summed E-state index contributed by atoms with van der Waals surface area (Å²) in [6.45, 7) is 5.32. The van der Waals surface area contributed by atoms with Gasteiger partial charge in [-0.25, -0.2) is 4.39 Å². The van der Waals surface area contributed by atoms with E-state index in [-0.39, 0.29) is 5.75 Å². The summed E-state index contributed by atoms with van der Waals surface area (Å²) in [4.78, 5) is 2.38. The number of rotatable bonds is 6. The molecule has 1 saturated heterocycles. The molecular weight excluding hydrogens is 327 g/mol. The van der Waals surface area contributed by atoms with Crippen LogP contribution in [-0.2, 0) is 13.0 Å². The molecule has 0 bridgehead atoms. The maximum atomic E-state index is 14.3. The van der Waals surface area contributed by atoms with Gasteiger partial charge in [-0.3, -0.25) is 0 Å². The summed E-state index contributed by atoms with van der Waals surface area (Å²) >= 11 is 6.23. The molecular formula is C19H22ClFN2O. The monoisotopic (exact) mass is 348 g/mol. The van der Waals surface area contributed by atoms with Gasteiger partial charge in [0.25, 0.3) is 0 Å². The Balaban J connectivity index is 1.60. The number of hydrogen-bond donors (Lipinski definition) is 1. The molecule has 2 aromatic carbocycles. The Hall–Kier alpha value is -1.62. The van der Waals surface area contributed by atoms with E-state index in [9.17, 15) is 4.39 Å². The van der Waals surface area contributed by atoms with Crippen LogP contribution < -0.4 is 10.1 Å². The molecule has 128 valence electrons. The van der Waals surface area contributed by atoms with Gasteiger partial charge in [0.05, 0.1) is 5.02 Å². The number of halogens is 2. The van der Waals surface area contributed by atoms with Crippen molar-refractivity contribution in [1.82, 2.24) is 10.2 Å². The molecule has 0 aliphatic carbocycles. The van der Waals surface area contributed by atoms with Crippen LogP contribution in [0.2, 0.25) is 5.02 Å². The van der Waals surface area contributed by atoms with Crippen molar-refractivity contribution in [2.45, 2.75) is 13.0 Å². The first-order valence-electron chi connectivity index (χ1n) is 8.30. The molecule has 1 heterocycles. The maximum Gasteiger partial charge on any atom is 0.174 e. The molecule has 5 heteroatoms. The number of nitrogens with zero attached hydrogens (tertiary/aromatic N) is 1. The van der Waals surface area contributed by atoms with E-state index in [1.165, 1.54) is 6.07 Å². The smallest absolute Gasteiger partial charge is 0.174 e. The minimum absolute atomic E-state index is 0.131. The fourth-order valence-electron chi connectivity index (χ4n) is 2.85. The summed E-state index contributed by atoms with van der Waals surface area (Å²) in [5.74, 6) is -0.264. The minimum atomic E-state index is -0.395. The average molecular weight is 349 g/mol. The lowest BCUT2D eigenvalue weighted by atomic mass is 10.1. The molecule has 3 nitrogen and oxygen atoms in total. The zero-order chi connectivity index (χ0) is 16.8. The van der Waals surface area contributed by atoms with Gasteiger partial charge in [-0.2, -0.15) is 0 Å². The highest BCUT2D eigenvalue weighted by Gasteiger charge is 2.13. The fraction of sp³-hybridized carbons (Fsp3) is 0.368. The predicted molar refractivity (Wildman–Crippen MR) is 95.2 cm³/mol. The van der Waals surface area contributed by atoms with Crippen molar-refractivity contribution in [2.75, 3.05) is 32.7 Å². The fourth-order valence-corrected chi connectivity index (χ4v) is 3.13. The van der Waals surface area contributed by atoms with Gasteiger partial charge in [-0.15, -0.1) is 0 Å². The first kappa shape index (κ1) is 17.2. The summed E-state index contributed by atoms with van der Waals surface area (Å²) in [5.41, 5.74) is 1.89. The number of benzene rings is 2. The largest absolute Gasteiger partial charge is 0.484 e. The Morgan fingerprint density at radius 1 is 1.08 bits per heavy atom. The van der Waals surface area contributed by atoms with Gasteiger partial charge in [0.15, 0.2) is 11.6 Å². The normalized spacial score (nSPS) is 15.4. The third kappa shape index (κ3) is 4.69. The van der Waals surface area contributed by atoms with Gasteiger partial charge in [0, 0.05) is 32.7 Å². The van der Waals surface area contributed by atoms with E-state index in [1.807, 2.05) is 36.4 Å². The molecule has 3 rings (SSSR count). The molecule has 0 atom stereocenters. The van der Waals surface area contributed by atoms with Crippen LogP contribution in [0.15, 0.2) is 42.5 Å². The van der Waals surface area contributed by atoms with E-state index >= 15 is 0 Å². The Labute approximate surface area is 147 Å². The lowest BCUT2D eigenvalue weighted by Gasteiger charge is -2.27. The number of hydrogen-bond acceptors (Lipinski definition) is 3.